The van der Waals surface area contributed by atoms with E-state index in [9.17, 15) is 5.11 Å². The molecule has 0 saturated carbocycles. The summed E-state index contributed by atoms with van der Waals surface area (Å²) in [7, 11) is 3.79. The monoisotopic (exact) mass is 342 g/mol. The Balaban J connectivity index is 2.08. The number of halogens is 1. The van der Waals surface area contributed by atoms with Crippen molar-refractivity contribution in [1.82, 2.24) is 10.2 Å². The SMILES string of the molecule is COc1c(Br)ccc(O)c1C(C)NCC1CCCN1C. The molecule has 0 aromatic heterocycles. The Morgan fingerprint density at radius 2 is 2.30 bits per heavy atom. The number of ether oxygens (including phenoxy) is 1. The van der Waals surface area contributed by atoms with Gasteiger partial charge in [-0.1, -0.05) is 0 Å². The topological polar surface area (TPSA) is 44.7 Å². The fourth-order valence-electron chi connectivity index (χ4n) is 2.84. The second kappa shape index (κ2) is 6.78. The van der Waals surface area contributed by atoms with Gasteiger partial charge in [-0.15, -0.1) is 0 Å². The Morgan fingerprint density at radius 1 is 1.55 bits per heavy atom. The number of likely N-dealkylation sites (N-methyl/N-ethyl adjacent to an activating group) is 1. The number of benzene rings is 1. The zero-order chi connectivity index (χ0) is 14.7. The van der Waals surface area contributed by atoms with Crippen LogP contribution in [0.25, 0.3) is 0 Å². The molecule has 20 heavy (non-hydrogen) atoms. The Bertz CT molecular complexity index is 467. The number of nitrogens with zero attached hydrogens (tertiary/aromatic N) is 1. The van der Waals surface area contributed by atoms with E-state index in [1.807, 2.05) is 0 Å². The molecule has 1 aliphatic rings. The zero-order valence-corrected chi connectivity index (χ0v) is 13.9. The fourth-order valence-corrected chi connectivity index (χ4v) is 3.35. The summed E-state index contributed by atoms with van der Waals surface area (Å²) in [6.45, 7) is 4.15. The summed E-state index contributed by atoms with van der Waals surface area (Å²) < 4.78 is 6.27. The van der Waals surface area contributed by atoms with Gasteiger partial charge in [0.25, 0.3) is 0 Å². The second-order valence-electron chi connectivity index (χ2n) is 5.42. The molecule has 0 amide bonds. The second-order valence-corrected chi connectivity index (χ2v) is 6.27. The molecule has 0 aliphatic carbocycles. The third kappa shape index (κ3) is 3.27. The molecule has 1 fully saturated rings. The quantitative estimate of drug-likeness (QED) is 0.863. The van der Waals surface area contributed by atoms with Crippen molar-refractivity contribution >= 4 is 15.9 Å². The minimum absolute atomic E-state index is 0.0384. The van der Waals surface area contributed by atoms with Crippen LogP contribution >= 0.6 is 15.9 Å². The van der Waals surface area contributed by atoms with E-state index in [-0.39, 0.29) is 11.8 Å². The van der Waals surface area contributed by atoms with Gasteiger partial charge in [0.1, 0.15) is 11.5 Å². The molecule has 1 aliphatic heterocycles. The molecule has 5 heteroatoms. The molecule has 0 spiro atoms. The number of hydrogen-bond donors (Lipinski definition) is 2. The van der Waals surface area contributed by atoms with Crippen LogP contribution in [0.1, 0.15) is 31.4 Å². The first kappa shape index (κ1) is 15.6. The molecule has 1 saturated heterocycles. The number of likely N-dealkylation sites (tertiary alicyclic amines) is 1. The predicted molar refractivity (Wildman–Crippen MR) is 84.4 cm³/mol. The summed E-state index contributed by atoms with van der Waals surface area (Å²) in [5.41, 5.74) is 0.808. The molecule has 0 radical (unpaired) electrons. The lowest BCUT2D eigenvalue weighted by atomic mass is 10.1. The van der Waals surface area contributed by atoms with Gasteiger partial charge in [0, 0.05) is 18.6 Å². The largest absolute Gasteiger partial charge is 0.507 e. The summed E-state index contributed by atoms with van der Waals surface area (Å²) in [5, 5.41) is 13.6. The molecule has 4 nitrogen and oxygen atoms in total. The van der Waals surface area contributed by atoms with Crippen molar-refractivity contribution in [3.63, 3.8) is 0 Å². The maximum Gasteiger partial charge on any atom is 0.141 e. The number of phenols is 1. The molecular formula is C15H23BrN2O2. The molecule has 2 rings (SSSR count). The average molecular weight is 343 g/mol. The van der Waals surface area contributed by atoms with Gasteiger partial charge >= 0.3 is 0 Å². The van der Waals surface area contributed by atoms with Crippen LogP contribution in [-0.2, 0) is 0 Å². The summed E-state index contributed by atoms with van der Waals surface area (Å²) in [4.78, 5) is 2.39. The Morgan fingerprint density at radius 3 is 2.90 bits per heavy atom. The van der Waals surface area contributed by atoms with Crippen molar-refractivity contribution in [2.24, 2.45) is 0 Å². The lowest BCUT2D eigenvalue weighted by Crippen LogP contribution is -2.36. The molecule has 1 heterocycles. The van der Waals surface area contributed by atoms with Crippen molar-refractivity contribution in [2.75, 3.05) is 27.2 Å². The first-order chi connectivity index (χ1) is 9.54. The van der Waals surface area contributed by atoms with Gasteiger partial charge in [0.2, 0.25) is 0 Å². The highest BCUT2D eigenvalue weighted by atomic mass is 79.9. The molecule has 0 bridgehead atoms. The van der Waals surface area contributed by atoms with E-state index in [4.69, 9.17) is 4.74 Å². The van der Waals surface area contributed by atoms with Crippen LogP contribution in [0.5, 0.6) is 11.5 Å². The summed E-state index contributed by atoms with van der Waals surface area (Å²) in [6, 6.07) is 4.12. The third-order valence-electron chi connectivity index (χ3n) is 4.09. The van der Waals surface area contributed by atoms with Crippen molar-refractivity contribution in [3.05, 3.63) is 22.2 Å². The van der Waals surface area contributed by atoms with E-state index in [0.29, 0.717) is 11.8 Å². The molecule has 1 aromatic carbocycles. The number of phenolic OH excluding ortho intramolecular Hbond substituents is 1. The molecule has 2 unspecified atom stereocenters. The number of nitrogens with one attached hydrogen (secondary N) is 1. The maximum atomic E-state index is 10.1. The molecular weight excluding hydrogens is 320 g/mol. The minimum atomic E-state index is 0.0384. The Hall–Kier alpha value is -0.780. The summed E-state index contributed by atoms with van der Waals surface area (Å²) in [5.74, 6) is 0.967. The molecule has 2 N–H and O–H groups in total. The first-order valence-electron chi connectivity index (χ1n) is 7.03. The summed E-state index contributed by atoms with van der Waals surface area (Å²) in [6.07, 6.45) is 2.50. The Labute approximate surface area is 129 Å². The summed E-state index contributed by atoms with van der Waals surface area (Å²) >= 11 is 3.46. The lowest BCUT2D eigenvalue weighted by molar-refractivity contribution is 0.291. The van der Waals surface area contributed by atoms with Crippen LogP contribution < -0.4 is 10.1 Å². The van der Waals surface area contributed by atoms with E-state index < -0.39 is 0 Å². The van der Waals surface area contributed by atoms with Crippen molar-refractivity contribution in [3.8, 4) is 11.5 Å². The van der Waals surface area contributed by atoms with Crippen LogP contribution in [0.15, 0.2) is 16.6 Å². The van der Waals surface area contributed by atoms with Gasteiger partial charge < -0.3 is 20.1 Å². The van der Waals surface area contributed by atoms with Gasteiger partial charge in [-0.05, 0) is 61.4 Å². The van der Waals surface area contributed by atoms with Crippen molar-refractivity contribution in [1.29, 1.82) is 0 Å². The van der Waals surface area contributed by atoms with Crippen LogP contribution in [0.2, 0.25) is 0 Å². The van der Waals surface area contributed by atoms with E-state index in [0.717, 1.165) is 16.6 Å². The van der Waals surface area contributed by atoms with Crippen molar-refractivity contribution < 1.29 is 9.84 Å². The standard InChI is InChI=1S/C15H23BrN2O2/c1-10(17-9-11-5-4-8-18(11)2)14-13(19)7-6-12(16)15(14)20-3/h6-7,10-11,17,19H,4-5,8-9H2,1-3H3. The van der Waals surface area contributed by atoms with E-state index in [1.54, 1.807) is 19.2 Å². The smallest absolute Gasteiger partial charge is 0.141 e. The molecule has 112 valence electrons. The minimum Gasteiger partial charge on any atom is -0.507 e. The highest BCUT2D eigenvalue weighted by molar-refractivity contribution is 9.10. The fraction of sp³-hybridized carbons (Fsp3) is 0.600. The van der Waals surface area contributed by atoms with Gasteiger partial charge in [-0.25, -0.2) is 0 Å². The highest BCUT2D eigenvalue weighted by Crippen LogP contribution is 2.38. The normalized spacial score (nSPS) is 21.1. The van der Waals surface area contributed by atoms with E-state index in [1.165, 1.54) is 19.4 Å². The van der Waals surface area contributed by atoms with Gasteiger partial charge in [-0.2, -0.15) is 0 Å². The first-order valence-corrected chi connectivity index (χ1v) is 7.83. The van der Waals surface area contributed by atoms with Crippen LogP contribution in [0.4, 0.5) is 0 Å². The van der Waals surface area contributed by atoms with Gasteiger partial charge in [0.05, 0.1) is 17.1 Å². The highest BCUT2D eigenvalue weighted by Gasteiger charge is 2.23. The predicted octanol–water partition coefficient (Wildman–Crippen LogP) is 2.91. The molecule has 1 aromatic rings. The van der Waals surface area contributed by atoms with E-state index >= 15 is 0 Å². The maximum absolute atomic E-state index is 10.1. The average Bonchev–Trinajstić information content (AvgIpc) is 2.83. The lowest BCUT2D eigenvalue weighted by Gasteiger charge is -2.24. The number of aromatic hydroxyl groups is 1. The van der Waals surface area contributed by atoms with Crippen LogP contribution in [0.3, 0.4) is 0 Å². The van der Waals surface area contributed by atoms with Crippen LogP contribution in [-0.4, -0.2) is 43.3 Å². The van der Waals surface area contributed by atoms with Crippen LogP contribution in [0, 0.1) is 0 Å². The van der Waals surface area contributed by atoms with E-state index in [2.05, 4.69) is 40.1 Å². The number of rotatable bonds is 5. The number of hydrogen-bond acceptors (Lipinski definition) is 4. The van der Waals surface area contributed by atoms with Gasteiger partial charge in [-0.3, -0.25) is 0 Å². The van der Waals surface area contributed by atoms with Crippen molar-refractivity contribution in [2.45, 2.75) is 31.8 Å². The zero-order valence-electron chi connectivity index (χ0n) is 12.3. The Kier molecular flexibility index (Phi) is 5.29. The van der Waals surface area contributed by atoms with Gasteiger partial charge in [0.15, 0.2) is 0 Å². The third-order valence-corrected chi connectivity index (χ3v) is 4.72. The number of methoxy groups -OCH3 is 1. The molecule has 2 atom stereocenters.